The average Bonchev–Trinajstić information content (AvgIpc) is 2.53. The van der Waals surface area contributed by atoms with Gasteiger partial charge < -0.3 is 10.1 Å². The largest absolute Gasteiger partial charge is 0.491 e. The van der Waals surface area contributed by atoms with Crippen LogP contribution >= 0.6 is 0 Å². The minimum absolute atomic E-state index is 0.0689. The van der Waals surface area contributed by atoms with Gasteiger partial charge in [0.25, 0.3) is 5.91 Å². The Bertz CT molecular complexity index is 589. The highest BCUT2D eigenvalue weighted by molar-refractivity contribution is 5.95. The molecule has 1 aromatic carbocycles. The van der Waals surface area contributed by atoms with Gasteiger partial charge in [-0.05, 0) is 87.8 Å². The van der Waals surface area contributed by atoms with E-state index in [0.29, 0.717) is 0 Å². The van der Waals surface area contributed by atoms with Crippen molar-refractivity contribution in [2.75, 3.05) is 0 Å². The molecule has 0 aliphatic heterocycles. The third-order valence-corrected chi connectivity index (χ3v) is 6.43. The number of carbonyl (C=O) groups is 1. The maximum atomic E-state index is 12.9. The number of hydrogen-bond donors (Lipinski definition) is 1. The second-order valence-corrected chi connectivity index (χ2v) is 8.52. The van der Waals surface area contributed by atoms with Gasteiger partial charge in [0.1, 0.15) is 5.75 Å². The number of carbonyl (C=O) groups excluding carboxylic acids is 1. The molecule has 0 aromatic heterocycles. The molecule has 0 unspecified atom stereocenters. The van der Waals surface area contributed by atoms with E-state index in [1.54, 1.807) is 0 Å². The van der Waals surface area contributed by atoms with Crippen molar-refractivity contribution < 1.29 is 9.53 Å². The molecule has 1 atom stereocenters. The first-order chi connectivity index (χ1) is 11.5. The molecule has 4 aliphatic carbocycles. The lowest BCUT2D eigenvalue weighted by molar-refractivity contribution is -0.0167. The van der Waals surface area contributed by atoms with E-state index in [2.05, 4.69) is 19.2 Å². The maximum Gasteiger partial charge on any atom is 0.251 e. The van der Waals surface area contributed by atoms with Crippen LogP contribution in [0.3, 0.4) is 0 Å². The lowest BCUT2D eigenvalue weighted by Gasteiger charge is -2.56. The average molecular weight is 327 g/mol. The smallest absolute Gasteiger partial charge is 0.251 e. The molecule has 5 rings (SSSR count). The van der Waals surface area contributed by atoms with Crippen LogP contribution < -0.4 is 10.1 Å². The summed E-state index contributed by atoms with van der Waals surface area (Å²) in [5, 5.41) is 3.44. The third-order valence-electron chi connectivity index (χ3n) is 6.43. The molecule has 4 bridgehead atoms. The number of benzene rings is 1. The Morgan fingerprint density at radius 2 is 1.83 bits per heavy atom. The summed E-state index contributed by atoms with van der Waals surface area (Å²) in [5.41, 5.74) is 0.797. The van der Waals surface area contributed by atoms with Crippen LogP contribution in [0, 0.1) is 17.8 Å². The topological polar surface area (TPSA) is 38.3 Å². The Hall–Kier alpha value is -1.51. The van der Waals surface area contributed by atoms with Gasteiger partial charge in [-0.25, -0.2) is 0 Å². The van der Waals surface area contributed by atoms with Crippen LogP contribution in [0.15, 0.2) is 24.3 Å². The minimum Gasteiger partial charge on any atom is -0.491 e. The van der Waals surface area contributed by atoms with Gasteiger partial charge in [-0.1, -0.05) is 13.0 Å². The molecule has 1 N–H and O–H groups in total. The standard InChI is InChI=1S/C21H29NO2/c1-3-14(2)24-19-6-4-5-18(10-19)20(23)22-21-11-15-7-16(12-21)9-17(8-15)13-21/h4-6,10,14-17H,3,7-9,11-13H2,1-2H3,(H,22,23)/t14-,15?,16?,17?,21?/m0/s1. The number of nitrogens with one attached hydrogen (secondary N) is 1. The Morgan fingerprint density at radius 3 is 2.42 bits per heavy atom. The molecule has 130 valence electrons. The number of ether oxygens (including phenoxy) is 1. The van der Waals surface area contributed by atoms with Crippen LogP contribution in [0.2, 0.25) is 0 Å². The second kappa shape index (κ2) is 6.09. The van der Waals surface area contributed by atoms with Gasteiger partial charge in [0, 0.05) is 11.1 Å². The Balaban J connectivity index is 1.47. The van der Waals surface area contributed by atoms with Gasteiger partial charge in [-0.15, -0.1) is 0 Å². The molecule has 1 aromatic rings. The van der Waals surface area contributed by atoms with Crippen LogP contribution in [-0.4, -0.2) is 17.6 Å². The van der Waals surface area contributed by atoms with Crippen LogP contribution in [0.5, 0.6) is 5.75 Å². The van der Waals surface area contributed by atoms with E-state index in [9.17, 15) is 4.79 Å². The first-order valence-corrected chi connectivity index (χ1v) is 9.64. The molecule has 3 nitrogen and oxygen atoms in total. The molecule has 4 saturated carbocycles. The van der Waals surface area contributed by atoms with Crippen molar-refractivity contribution >= 4 is 5.91 Å². The summed E-state index contributed by atoms with van der Waals surface area (Å²) in [5.74, 6) is 3.40. The van der Waals surface area contributed by atoms with Gasteiger partial charge in [0.05, 0.1) is 6.10 Å². The number of amides is 1. The molecule has 0 spiro atoms. The number of rotatable bonds is 5. The summed E-state index contributed by atoms with van der Waals surface area (Å²) < 4.78 is 5.87. The van der Waals surface area contributed by atoms with Crippen molar-refractivity contribution in [3.05, 3.63) is 29.8 Å². The van der Waals surface area contributed by atoms with Crippen LogP contribution in [0.1, 0.15) is 69.2 Å². The maximum absolute atomic E-state index is 12.9. The van der Waals surface area contributed by atoms with Crippen LogP contribution in [0.4, 0.5) is 0 Å². The second-order valence-electron chi connectivity index (χ2n) is 8.52. The lowest BCUT2D eigenvalue weighted by atomic mass is 9.53. The monoisotopic (exact) mass is 327 g/mol. The molecule has 4 aliphatic rings. The molecule has 0 saturated heterocycles. The van der Waals surface area contributed by atoms with Crippen LogP contribution in [-0.2, 0) is 0 Å². The lowest BCUT2D eigenvalue weighted by Crippen LogP contribution is -2.59. The van der Waals surface area contributed by atoms with Crippen molar-refractivity contribution in [3.63, 3.8) is 0 Å². The molecular weight excluding hydrogens is 298 g/mol. The van der Waals surface area contributed by atoms with Crippen molar-refractivity contribution in [1.82, 2.24) is 5.32 Å². The fourth-order valence-corrected chi connectivity index (χ4v) is 5.60. The predicted octanol–water partition coefficient (Wildman–Crippen LogP) is 4.56. The summed E-state index contributed by atoms with van der Waals surface area (Å²) in [6.45, 7) is 4.16. The SMILES string of the molecule is CC[C@H](C)Oc1cccc(C(=O)NC23CC4CC(CC(C4)C2)C3)c1. The zero-order valence-corrected chi connectivity index (χ0v) is 14.9. The predicted molar refractivity (Wildman–Crippen MR) is 95.2 cm³/mol. The Kier molecular flexibility index (Phi) is 4.06. The van der Waals surface area contributed by atoms with E-state index in [-0.39, 0.29) is 17.6 Å². The van der Waals surface area contributed by atoms with Crippen molar-refractivity contribution in [2.24, 2.45) is 17.8 Å². The Morgan fingerprint density at radius 1 is 1.21 bits per heavy atom. The molecule has 0 heterocycles. The summed E-state index contributed by atoms with van der Waals surface area (Å²) in [4.78, 5) is 12.9. The Labute approximate surface area is 145 Å². The minimum atomic E-state index is 0.0689. The summed E-state index contributed by atoms with van der Waals surface area (Å²) in [6, 6.07) is 7.65. The van der Waals surface area contributed by atoms with Gasteiger partial charge in [0.2, 0.25) is 0 Å². The van der Waals surface area contributed by atoms with Crippen molar-refractivity contribution in [2.45, 2.75) is 70.4 Å². The third kappa shape index (κ3) is 3.05. The van der Waals surface area contributed by atoms with Crippen LogP contribution in [0.25, 0.3) is 0 Å². The van der Waals surface area contributed by atoms with E-state index in [1.165, 1.54) is 38.5 Å². The highest BCUT2D eigenvalue weighted by atomic mass is 16.5. The van der Waals surface area contributed by atoms with Gasteiger partial charge in [0.15, 0.2) is 0 Å². The zero-order valence-electron chi connectivity index (χ0n) is 14.9. The number of hydrogen-bond acceptors (Lipinski definition) is 2. The highest BCUT2D eigenvalue weighted by Gasteiger charge is 2.51. The quantitative estimate of drug-likeness (QED) is 0.861. The van der Waals surface area contributed by atoms with Crippen molar-refractivity contribution in [3.8, 4) is 5.75 Å². The molecule has 3 heteroatoms. The molecule has 0 radical (unpaired) electrons. The molecular formula is C21H29NO2. The van der Waals surface area contributed by atoms with E-state index in [0.717, 1.165) is 35.5 Å². The first-order valence-electron chi connectivity index (χ1n) is 9.64. The fourth-order valence-electron chi connectivity index (χ4n) is 5.60. The fraction of sp³-hybridized carbons (Fsp3) is 0.667. The molecule has 24 heavy (non-hydrogen) atoms. The summed E-state index contributed by atoms with van der Waals surface area (Å²) in [7, 11) is 0. The molecule has 1 amide bonds. The zero-order chi connectivity index (χ0) is 16.7. The highest BCUT2D eigenvalue weighted by Crippen LogP contribution is 2.55. The molecule has 4 fully saturated rings. The van der Waals surface area contributed by atoms with Gasteiger partial charge in [-0.2, -0.15) is 0 Å². The van der Waals surface area contributed by atoms with E-state index < -0.39 is 0 Å². The first kappa shape index (κ1) is 16.0. The van der Waals surface area contributed by atoms with Crippen molar-refractivity contribution in [1.29, 1.82) is 0 Å². The normalized spacial score (nSPS) is 34.8. The summed E-state index contributed by atoms with van der Waals surface area (Å²) in [6.07, 6.45) is 8.89. The van der Waals surface area contributed by atoms with E-state index in [4.69, 9.17) is 4.74 Å². The van der Waals surface area contributed by atoms with E-state index in [1.807, 2.05) is 24.3 Å². The van der Waals surface area contributed by atoms with Gasteiger partial charge in [-0.3, -0.25) is 4.79 Å². The van der Waals surface area contributed by atoms with E-state index >= 15 is 0 Å². The van der Waals surface area contributed by atoms with Gasteiger partial charge >= 0.3 is 0 Å². The summed E-state index contributed by atoms with van der Waals surface area (Å²) >= 11 is 0.